The van der Waals surface area contributed by atoms with E-state index in [2.05, 4.69) is 10.1 Å². The zero-order valence-electron chi connectivity index (χ0n) is 7.72. The van der Waals surface area contributed by atoms with Crippen LogP contribution in [0, 0.1) is 0 Å². The SMILES string of the molecule is CCOC(=O)NC(CC)C(C)=O. The Balaban J connectivity index is 3.85. The van der Waals surface area contributed by atoms with Crippen molar-refractivity contribution in [2.24, 2.45) is 0 Å². The van der Waals surface area contributed by atoms with Gasteiger partial charge in [0.15, 0.2) is 5.78 Å². The van der Waals surface area contributed by atoms with Gasteiger partial charge in [-0.2, -0.15) is 0 Å². The molecule has 0 aliphatic carbocycles. The van der Waals surface area contributed by atoms with Gasteiger partial charge in [0.2, 0.25) is 0 Å². The number of hydrogen-bond donors (Lipinski definition) is 1. The van der Waals surface area contributed by atoms with Crippen molar-refractivity contribution in [3.05, 3.63) is 0 Å². The zero-order chi connectivity index (χ0) is 9.56. The summed E-state index contributed by atoms with van der Waals surface area (Å²) in [4.78, 5) is 21.7. The van der Waals surface area contributed by atoms with Crippen LogP contribution in [-0.2, 0) is 9.53 Å². The summed E-state index contributed by atoms with van der Waals surface area (Å²) in [6.45, 7) is 5.31. The van der Waals surface area contributed by atoms with Gasteiger partial charge in [-0.15, -0.1) is 0 Å². The summed E-state index contributed by atoms with van der Waals surface area (Å²) >= 11 is 0. The number of ketones is 1. The minimum absolute atomic E-state index is 0.0504. The highest BCUT2D eigenvalue weighted by atomic mass is 16.5. The summed E-state index contributed by atoms with van der Waals surface area (Å²) in [7, 11) is 0. The zero-order valence-corrected chi connectivity index (χ0v) is 7.72. The molecule has 0 aromatic rings. The topological polar surface area (TPSA) is 55.4 Å². The maximum Gasteiger partial charge on any atom is 0.407 e. The number of Topliss-reactive ketones (excluding diaryl/α,β-unsaturated/α-hetero) is 1. The first-order valence-corrected chi connectivity index (χ1v) is 4.05. The molecule has 0 aliphatic heterocycles. The lowest BCUT2D eigenvalue weighted by atomic mass is 10.1. The Morgan fingerprint density at radius 2 is 2.00 bits per heavy atom. The van der Waals surface area contributed by atoms with Crippen LogP contribution in [0.2, 0.25) is 0 Å². The van der Waals surface area contributed by atoms with Gasteiger partial charge >= 0.3 is 6.09 Å². The Morgan fingerprint density at radius 3 is 2.33 bits per heavy atom. The number of amides is 1. The van der Waals surface area contributed by atoms with E-state index in [0.29, 0.717) is 13.0 Å². The molecule has 0 bridgehead atoms. The van der Waals surface area contributed by atoms with Gasteiger partial charge in [-0.3, -0.25) is 4.79 Å². The monoisotopic (exact) mass is 173 g/mol. The third kappa shape index (κ3) is 3.95. The largest absolute Gasteiger partial charge is 0.450 e. The average molecular weight is 173 g/mol. The van der Waals surface area contributed by atoms with Gasteiger partial charge in [0.25, 0.3) is 0 Å². The summed E-state index contributed by atoms with van der Waals surface area (Å²) in [5.41, 5.74) is 0. The van der Waals surface area contributed by atoms with Crippen LogP contribution in [0.3, 0.4) is 0 Å². The second kappa shape index (κ2) is 5.57. The Bertz CT molecular complexity index is 168. The number of nitrogens with one attached hydrogen (secondary N) is 1. The van der Waals surface area contributed by atoms with Gasteiger partial charge in [-0.1, -0.05) is 6.92 Å². The molecule has 0 heterocycles. The van der Waals surface area contributed by atoms with E-state index >= 15 is 0 Å². The fraction of sp³-hybridized carbons (Fsp3) is 0.750. The van der Waals surface area contributed by atoms with Crippen molar-refractivity contribution in [3.63, 3.8) is 0 Å². The maximum atomic E-state index is 10.8. The Morgan fingerprint density at radius 1 is 1.42 bits per heavy atom. The van der Waals surface area contributed by atoms with E-state index in [9.17, 15) is 9.59 Å². The van der Waals surface area contributed by atoms with E-state index in [1.807, 2.05) is 6.92 Å². The van der Waals surface area contributed by atoms with Crippen LogP contribution in [0.1, 0.15) is 27.2 Å². The number of ether oxygens (including phenoxy) is 1. The Hall–Kier alpha value is -1.06. The number of carbonyl (C=O) groups excluding carboxylic acids is 2. The lowest BCUT2D eigenvalue weighted by Crippen LogP contribution is -2.39. The average Bonchev–Trinajstić information content (AvgIpc) is 2.00. The summed E-state index contributed by atoms with van der Waals surface area (Å²) in [6, 6.07) is -0.413. The van der Waals surface area contributed by atoms with Crippen molar-refractivity contribution in [1.82, 2.24) is 5.32 Å². The molecule has 1 atom stereocenters. The van der Waals surface area contributed by atoms with Crippen molar-refractivity contribution >= 4 is 11.9 Å². The number of alkyl carbamates (subject to hydrolysis) is 1. The van der Waals surface area contributed by atoms with E-state index in [1.165, 1.54) is 6.92 Å². The number of carbonyl (C=O) groups is 2. The van der Waals surface area contributed by atoms with Gasteiger partial charge in [0.05, 0.1) is 12.6 Å². The molecule has 0 saturated heterocycles. The van der Waals surface area contributed by atoms with Crippen LogP contribution in [-0.4, -0.2) is 24.5 Å². The van der Waals surface area contributed by atoms with Gasteiger partial charge < -0.3 is 10.1 Å². The second-order valence-electron chi connectivity index (χ2n) is 2.44. The fourth-order valence-corrected chi connectivity index (χ4v) is 0.806. The molecule has 0 radical (unpaired) electrons. The first-order valence-electron chi connectivity index (χ1n) is 4.05. The molecule has 1 unspecified atom stereocenters. The smallest absolute Gasteiger partial charge is 0.407 e. The van der Waals surface area contributed by atoms with Crippen molar-refractivity contribution in [2.45, 2.75) is 33.2 Å². The molecule has 0 aliphatic rings. The first-order chi connectivity index (χ1) is 5.61. The van der Waals surface area contributed by atoms with Gasteiger partial charge in [0, 0.05) is 0 Å². The molecule has 0 fully saturated rings. The molecule has 0 aromatic heterocycles. The minimum Gasteiger partial charge on any atom is -0.450 e. The molecule has 0 saturated carbocycles. The normalized spacial score (nSPS) is 11.9. The van der Waals surface area contributed by atoms with E-state index in [1.54, 1.807) is 6.92 Å². The van der Waals surface area contributed by atoms with Crippen molar-refractivity contribution in [2.75, 3.05) is 6.61 Å². The lowest BCUT2D eigenvalue weighted by Gasteiger charge is -2.12. The standard InChI is InChI=1S/C8H15NO3/c1-4-7(6(3)10)9-8(11)12-5-2/h7H,4-5H2,1-3H3,(H,9,11). The summed E-state index contributed by atoms with van der Waals surface area (Å²) in [5, 5.41) is 2.46. The molecule has 0 spiro atoms. The van der Waals surface area contributed by atoms with Gasteiger partial charge in [0.1, 0.15) is 0 Å². The Labute approximate surface area is 72.3 Å². The molecular formula is C8H15NO3. The van der Waals surface area contributed by atoms with E-state index in [-0.39, 0.29) is 5.78 Å². The second-order valence-corrected chi connectivity index (χ2v) is 2.44. The third-order valence-corrected chi connectivity index (χ3v) is 1.47. The van der Waals surface area contributed by atoms with Crippen LogP contribution in [0.15, 0.2) is 0 Å². The predicted molar refractivity (Wildman–Crippen MR) is 44.9 cm³/mol. The summed E-state index contributed by atoms with van der Waals surface area (Å²) in [5.74, 6) is -0.0504. The van der Waals surface area contributed by atoms with Gasteiger partial charge in [-0.25, -0.2) is 4.79 Å². The predicted octanol–water partition coefficient (Wildman–Crippen LogP) is 1.10. The molecule has 1 amide bonds. The van der Waals surface area contributed by atoms with Crippen LogP contribution < -0.4 is 5.32 Å². The molecule has 4 nitrogen and oxygen atoms in total. The van der Waals surface area contributed by atoms with E-state index in [4.69, 9.17) is 0 Å². The molecule has 1 N–H and O–H groups in total. The summed E-state index contributed by atoms with van der Waals surface area (Å²) < 4.78 is 4.62. The number of hydrogen-bond acceptors (Lipinski definition) is 3. The molecular weight excluding hydrogens is 158 g/mol. The van der Waals surface area contributed by atoms with E-state index < -0.39 is 12.1 Å². The minimum atomic E-state index is -0.528. The lowest BCUT2D eigenvalue weighted by molar-refractivity contribution is -0.118. The van der Waals surface area contributed by atoms with Crippen LogP contribution in [0.5, 0.6) is 0 Å². The highest BCUT2D eigenvalue weighted by Crippen LogP contribution is 1.93. The summed E-state index contributed by atoms with van der Waals surface area (Å²) in [6.07, 6.45) is 0.0632. The molecule has 0 rings (SSSR count). The molecule has 12 heavy (non-hydrogen) atoms. The third-order valence-electron chi connectivity index (χ3n) is 1.47. The maximum absolute atomic E-state index is 10.8. The van der Waals surface area contributed by atoms with Gasteiger partial charge in [-0.05, 0) is 20.3 Å². The quantitative estimate of drug-likeness (QED) is 0.692. The van der Waals surface area contributed by atoms with Crippen LogP contribution in [0.4, 0.5) is 4.79 Å². The molecule has 4 heteroatoms. The van der Waals surface area contributed by atoms with Crippen molar-refractivity contribution < 1.29 is 14.3 Å². The van der Waals surface area contributed by atoms with Crippen molar-refractivity contribution in [3.8, 4) is 0 Å². The van der Waals surface area contributed by atoms with Crippen LogP contribution in [0.25, 0.3) is 0 Å². The Kier molecular flexibility index (Phi) is 5.08. The first kappa shape index (κ1) is 10.9. The fourth-order valence-electron chi connectivity index (χ4n) is 0.806. The highest BCUT2D eigenvalue weighted by molar-refractivity contribution is 5.85. The van der Waals surface area contributed by atoms with Crippen LogP contribution >= 0.6 is 0 Å². The number of rotatable bonds is 4. The highest BCUT2D eigenvalue weighted by Gasteiger charge is 2.14. The van der Waals surface area contributed by atoms with E-state index in [0.717, 1.165) is 0 Å². The van der Waals surface area contributed by atoms with Crippen molar-refractivity contribution in [1.29, 1.82) is 0 Å². The molecule has 70 valence electrons. The molecule has 0 aromatic carbocycles.